The summed E-state index contributed by atoms with van der Waals surface area (Å²) in [5, 5.41) is 0. The highest BCUT2D eigenvalue weighted by Gasteiger charge is 2.16. The fourth-order valence-corrected chi connectivity index (χ4v) is 1.46. The van der Waals surface area contributed by atoms with Crippen LogP contribution >= 0.6 is 0 Å². The smallest absolute Gasteiger partial charge is 0.135 e. The summed E-state index contributed by atoms with van der Waals surface area (Å²) in [6.45, 7) is 4.20. The van der Waals surface area contributed by atoms with E-state index in [2.05, 4.69) is 11.9 Å². The Balaban J connectivity index is 2.41. The molecule has 0 aromatic heterocycles. The first-order valence-electron chi connectivity index (χ1n) is 4.41. The second-order valence-electron chi connectivity index (χ2n) is 3.56. The Bertz CT molecular complexity index is 144. The Kier molecular flexibility index (Phi) is 3.06. The lowest BCUT2D eigenvalue weighted by atomic mass is 9.97. The highest BCUT2D eigenvalue weighted by Crippen LogP contribution is 2.12. The number of hydrogen-bond acceptors (Lipinski definition) is 2. The largest absolute Gasteiger partial charge is 0.306 e. The molecule has 1 fully saturated rings. The van der Waals surface area contributed by atoms with E-state index in [0.717, 1.165) is 32.4 Å². The van der Waals surface area contributed by atoms with E-state index in [1.807, 2.05) is 6.92 Å². The van der Waals surface area contributed by atoms with Crippen LogP contribution in [-0.4, -0.2) is 30.8 Å². The summed E-state index contributed by atoms with van der Waals surface area (Å²) in [6.07, 6.45) is 2.86. The summed E-state index contributed by atoms with van der Waals surface area (Å²) < 4.78 is 0. The van der Waals surface area contributed by atoms with Crippen molar-refractivity contribution in [2.24, 2.45) is 5.92 Å². The van der Waals surface area contributed by atoms with Gasteiger partial charge in [-0.05, 0) is 33.0 Å². The summed E-state index contributed by atoms with van der Waals surface area (Å²) in [5.74, 6) is 0.746. The normalized spacial score (nSPS) is 29.6. The number of hydrogen-bond donors (Lipinski definition) is 0. The minimum absolute atomic E-state index is 0.290. The van der Waals surface area contributed by atoms with Gasteiger partial charge in [0.25, 0.3) is 0 Å². The van der Waals surface area contributed by atoms with E-state index < -0.39 is 0 Å². The second kappa shape index (κ2) is 3.86. The average Bonchev–Trinajstić information content (AvgIpc) is 1.98. The van der Waals surface area contributed by atoms with E-state index in [1.165, 1.54) is 0 Å². The molecule has 1 aliphatic heterocycles. The number of Topliss-reactive ketones (excluding diaryl/α,β-unsaturated/α-hetero) is 1. The molecule has 0 N–H and O–H groups in total. The van der Waals surface area contributed by atoms with Crippen molar-refractivity contribution in [1.82, 2.24) is 4.90 Å². The van der Waals surface area contributed by atoms with Crippen LogP contribution in [0.3, 0.4) is 0 Å². The van der Waals surface area contributed by atoms with Gasteiger partial charge in [0.1, 0.15) is 5.78 Å². The molecular formula is C9H17NO. The molecule has 11 heavy (non-hydrogen) atoms. The highest BCUT2D eigenvalue weighted by molar-refractivity contribution is 5.80. The lowest BCUT2D eigenvalue weighted by Gasteiger charge is -2.22. The molecule has 1 atom stereocenters. The van der Waals surface area contributed by atoms with Gasteiger partial charge in [-0.25, -0.2) is 0 Å². The molecule has 0 aliphatic carbocycles. The lowest BCUT2D eigenvalue weighted by Crippen LogP contribution is -2.28. The summed E-state index contributed by atoms with van der Waals surface area (Å²) in [4.78, 5) is 13.6. The highest BCUT2D eigenvalue weighted by atomic mass is 16.1. The van der Waals surface area contributed by atoms with Gasteiger partial charge in [-0.1, -0.05) is 6.92 Å². The Morgan fingerprint density at radius 3 is 2.91 bits per heavy atom. The van der Waals surface area contributed by atoms with Crippen molar-refractivity contribution in [3.63, 3.8) is 0 Å². The molecule has 0 bridgehead atoms. The third-order valence-electron chi connectivity index (χ3n) is 2.46. The Morgan fingerprint density at radius 2 is 2.18 bits per heavy atom. The summed E-state index contributed by atoms with van der Waals surface area (Å²) in [5.41, 5.74) is 0. The van der Waals surface area contributed by atoms with Crippen molar-refractivity contribution in [3.8, 4) is 0 Å². The van der Waals surface area contributed by atoms with Gasteiger partial charge < -0.3 is 4.90 Å². The molecule has 1 heterocycles. The number of nitrogens with zero attached hydrogens (tertiary/aromatic N) is 1. The maximum Gasteiger partial charge on any atom is 0.135 e. The molecule has 2 heteroatoms. The first kappa shape index (κ1) is 8.72. The predicted molar refractivity (Wildman–Crippen MR) is 45.5 cm³/mol. The first-order chi connectivity index (χ1) is 5.20. The van der Waals surface area contributed by atoms with E-state index in [-0.39, 0.29) is 5.92 Å². The standard InChI is InChI=1S/C9H17NO/c1-8-5-7-10(2)6-3-4-9(8)11/h8H,3-7H2,1-2H3. The van der Waals surface area contributed by atoms with Gasteiger partial charge in [0, 0.05) is 12.3 Å². The quantitative estimate of drug-likeness (QED) is 0.525. The predicted octanol–water partition coefficient (Wildman–Crippen LogP) is 1.31. The van der Waals surface area contributed by atoms with Gasteiger partial charge >= 0.3 is 0 Å². The van der Waals surface area contributed by atoms with Crippen molar-refractivity contribution in [2.75, 3.05) is 20.1 Å². The Labute approximate surface area is 68.6 Å². The SMILES string of the molecule is CC1CCN(C)CCCC1=O. The van der Waals surface area contributed by atoms with Crippen molar-refractivity contribution >= 4 is 5.78 Å². The van der Waals surface area contributed by atoms with Gasteiger partial charge in [0.15, 0.2) is 0 Å². The third kappa shape index (κ3) is 2.62. The number of likely N-dealkylation sites (tertiary alicyclic amines) is 1. The lowest BCUT2D eigenvalue weighted by molar-refractivity contribution is -0.123. The topological polar surface area (TPSA) is 20.3 Å². The zero-order chi connectivity index (χ0) is 8.27. The molecule has 0 saturated carbocycles. The van der Waals surface area contributed by atoms with Crippen LogP contribution in [0.5, 0.6) is 0 Å². The Morgan fingerprint density at radius 1 is 1.45 bits per heavy atom. The van der Waals surface area contributed by atoms with Crippen molar-refractivity contribution in [1.29, 1.82) is 0 Å². The molecular weight excluding hydrogens is 138 g/mol. The number of ketones is 1. The molecule has 0 aromatic carbocycles. The van der Waals surface area contributed by atoms with Crippen LogP contribution < -0.4 is 0 Å². The zero-order valence-corrected chi connectivity index (χ0v) is 7.47. The van der Waals surface area contributed by atoms with Crippen LogP contribution in [0.25, 0.3) is 0 Å². The summed E-state index contributed by atoms with van der Waals surface area (Å²) in [6, 6.07) is 0. The molecule has 1 aliphatic rings. The van der Waals surface area contributed by atoms with Crippen LogP contribution in [0.4, 0.5) is 0 Å². The van der Waals surface area contributed by atoms with Crippen molar-refractivity contribution in [3.05, 3.63) is 0 Å². The molecule has 0 spiro atoms. The molecule has 0 radical (unpaired) electrons. The van der Waals surface area contributed by atoms with Crippen LogP contribution in [0, 0.1) is 5.92 Å². The van der Waals surface area contributed by atoms with Crippen LogP contribution in [0.15, 0.2) is 0 Å². The number of carbonyl (C=O) groups excluding carboxylic acids is 1. The van der Waals surface area contributed by atoms with Crippen LogP contribution in [0.1, 0.15) is 26.2 Å². The molecule has 0 aromatic rings. The van der Waals surface area contributed by atoms with Gasteiger partial charge in [0.2, 0.25) is 0 Å². The number of carbonyl (C=O) groups is 1. The maximum atomic E-state index is 11.3. The van der Waals surface area contributed by atoms with Crippen LogP contribution in [0.2, 0.25) is 0 Å². The molecule has 1 saturated heterocycles. The second-order valence-corrected chi connectivity index (χ2v) is 3.56. The minimum atomic E-state index is 0.290. The van der Waals surface area contributed by atoms with Crippen LogP contribution in [-0.2, 0) is 4.79 Å². The fraction of sp³-hybridized carbons (Fsp3) is 0.889. The molecule has 64 valence electrons. The van der Waals surface area contributed by atoms with Crippen molar-refractivity contribution in [2.45, 2.75) is 26.2 Å². The number of rotatable bonds is 0. The monoisotopic (exact) mass is 155 g/mol. The first-order valence-corrected chi connectivity index (χ1v) is 4.41. The van der Waals surface area contributed by atoms with Gasteiger partial charge in [0.05, 0.1) is 0 Å². The average molecular weight is 155 g/mol. The third-order valence-corrected chi connectivity index (χ3v) is 2.46. The van der Waals surface area contributed by atoms with Gasteiger partial charge in [-0.2, -0.15) is 0 Å². The van der Waals surface area contributed by atoms with E-state index >= 15 is 0 Å². The summed E-state index contributed by atoms with van der Waals surface area (Å²) >= 11 is 0. The van der Waals surface area contributed by atoms with E-state index in [4.69, 9.17) is 0 Å². The molecule has 2 nitrogen and oxygen atoms in total. The summed E-state index contributed by atoms with van der Waals surface area (Å²) in [7, 11) is 2.13. The molecule has 1 unspecified atom stereocenters. The maximum absolute atomic E-state index is 11.3. The zero-order valence-electron chi connectivity index (χ0n) is 7.47. The molecule has 1 rings (SSSR count). The Hall–Kier alpha value is -0.370. The van der Waals surface area contributed by atoms with E-state index in [9.17, 15) is 4.79 Å². The molecule has 0 amide bonds. The minimum Gasteiger partial charge on any atom is -0.306 e. The van der Waals surface area contributed by atoms with E-state index in [0.29, 0.717) is 5.78 Å². The van der Waals surface area contributed by atoms with E-state index in [1.54, 1.807) is 0 Å². The van der Waals surface area contributed by atoms with Crippen molar-refractivity contribution < 1.29 is 4.79 Å². The van der Waals surface area contributed by atoms with Gasteiger partial charge in [-0.3, -0.25) is 4.79 Å². The van der Waals surface area contributed by atoms with Gasteiger partial charge in [-0.15, -0.1) is 0 Å². The fourth-order valence-electron chi connectivity index (χ4n) is 1.46.